The zero-order valence-electron chi connectivity index (χ0n) is 11.8. The van der Waals surface area contributed by atoms with Crippen molar-refractivity contribution in [1.82, 2.24) is 20.0 Å². The predicted octanol–water partition coefficient (Wildman–Crippen LogP) is 2.00. The highest BCUT2D eigenvalue weighted by Gasteiger charge is 2.18. The number of aliphatic hydroxyl groups excluding tert-OH is 1. The van der Waals surface area contributed by atoms with Gasteiger partial charge in [0.15, 0.2) is 0 Å². The molecule has 6 heteroatoms. The average Bonchev–Trinajstić information content (AvgIpc) is 2.86. The molecule has 2 aromatic heterocycles. The zero-order chi connectivity index (χ0) is 14.0. The van der Waals surface area contributed by atoms with Crippen molar-refractivity contribution >= 4 is 11.3 Å². The van der Waals surface area contributed by atoms with Crippen molar-refractivity contribution in [3.05, 3.63) is 28.0 Å². The Kier molecular flexibility index (Phi) is 4.01. The lowest BCUT2D eigenvalue weighted by atomic mass is 9.98. The van der Waals surface area contributed by atoms with Crippen LogP contribution >= 0.6 is 11.3 Å². The number of aromatic nitrogens is 4. The lowest BCUT2D eigenvalue weighted by molar-refractivity contribution is 0.194. The summed E-state index contributed by atoms with van der Waals surface area (Å²) in [6, 6.07) is 0. The molecule has 0 saturated carbocycles. The standard InChI is InChI=1S/C13H20N4OS/c1-9(18)5-10-6-17(16-15-10)7-11-8-19-12(14-11)13(2,3)4/h6,8-9,18H,5,7H2,1-4H3. The molecule has 0 aliphatic carbocycles. The van der Waals surface area contributed by atoms with Crippen molar-refractivity contribution in [2.75, 3.05) is 0 Å². The summed E-state index contributed by atoms with van der Waals surface area (Å²) >= 11 is 1.68. The van der Waals surface area contributed by atoms with Crippen LogP contribution in [0.25, 0.3) is 0 Å². The number of nitrogens with zero attached hydrogens (tertiary/aromatic N) is 4. The van der Waals surface area contributed by atoms with Gasteiger partial charge in [0.1, 0.15) is 0 Å². The number of thiazole rings is 1. The van der Waals surface area contributed by atoms with Gasteiger partial charge in [0.25, 0.3) is 0 Å². The van der Waals surface area contributed by atoms with Crippen molar-refractivity contribution in [3.63, 3.8) is 0 Å². The van der Waals surface area contributed by atoms with E-state index in [0.29, 0.717) is 13.0 Å². The second-order valence-electron chi connectivity index (χ2n) is 5.85. The van der Waals surface area contributed by atoms with E-state index in [-0.39, 0.29) is 5.41 Å². The molecule has 0 aromatic carbocycles. The largest absolute Gasteiger partial charge is 0.393 e. The van der Waals surface area contributed by atoms with Gasteiger partial charge in [0, 0.05) is 23.4 Å². The molecule has 0 bridgehead atoms. The van der Waals surface area contributed by atoms with Crippen LogP contribution < -0.4 is 0 Å². The normalized spacial score (nSPS) is 13.7. The van der Waals surface area contributed by atoms with Gasteiger partial charge in [-0.25, -0.2) is 9.67 Å². The first-order valence-corrected chi connectivity index (χ1v) is 7.24. The minimum absolute atomic E-state index is 0.0861. The van der Waals surface area contributed by atoms with E-state index in [9.17, 15) is 5.11 Å². The van der Waals surface area contributed by atoms with Crippen LogP contribution in [0.15, 0.2) is 11.6 Å². The molecular formula is C13H20N4OS. The molecule has 0 spiro atoms. The van der Waals surface area contributed by atoms with Gasteiger partial charge in [-0.15, -0.1) is 16.4 Å². The van der Waals surface area contributed by atoms with Crippen molar-refractivity contribution < 1.29 is 5.11 Å². The number of rotatable bonds is 4. The summed E-state index contributed by atoms with van der Waals surface area (Å²) in [6.07, 6.45) is 2.00. The van der Waals surface area contributed by atoms with Gasteiger partial charge >= 0.3 is 0 Å². The average molecular weight is 280 g/mol. The summed E-state index contributed by atoms with van der Waals surface area (Å²) < 4.78 is 1.76. The van der Waals surface area contributed by atoms with Crippen LogP contribution in [-0.4, -0.2) is 31.2 Å². The van der Waals surface area contributed by atoms with Crippen molar-refractivity contribution in [3.8, 4) is 0 Å². The minimum atomic E-state index is -0.392. The maximum absolute atomic E-state index is 9.31. The highest BCUT2D eigenvalue weighted by Crippen LogP contribution is 2.25. The zero-order valence-corrected chi connectivity index (χ0v) is 12.6. The van der Waals surface area contributed by atoms with Gasteiger partial charge in [0.05, 0.1) is 29.0 Å². The third-order valence-corrected chi connectivity index (χ3v) is 3.92. The lowest BCUT2D eigenvalue weighted by Gasteiger charge is -2.13. The Morgan fingerprint density at radius 1 is 1.37 bits per heavy atom. The minimum Gasteiger partial charge on any atom is -0.393 e. The highest BCUT2D eigenvalue weighted by atomic mass is 32.1. The van der Waals surface area contributed by atoms with E-state index >= 15 is 0 Å². The molecule has 19 heavy (non-hydrogen) atoms. The molecule has 2 rings (SSSR count). The van der Waals surface area contributed by atoms with Crippen LogP contribution in [0.3, 0.4) is 0 Å². The van der Waals surface area contributed by atoms with Gasteiger partial charge in [-0.2, -0.15) is 0 Å². The second kappa shape index (κ2) is 5.38. The summed E-state index contributed by atoms with van der Waals surface area (Å²) in [5.74, 6) is 0. The molecule has 0 aliphatic rings. The molecule has 1 N–H and O–H groups in total. The van der Waals surface area contributed by atoms with E-state index < -0.39 is 6.10 Å². The summed E-state index contributed by atoms with van der Waals surface area (Å²) in [6.45, 7) is 8.85. The first-order valence-electron chi connectivity index (χ1n) is 6.36. The first-order chi connectivity index (χ1) is 8.84. The van der Waals surface area contributed by atoms with Crippen molar-refractivity contribution in [2.45, 2.75) is 52.2 Å². The van der Waals surface area contributed by atoms with E-state index in [4.69, 9.17) is 0 Å². The molecule has 0 saturated heterocycles. The van der Waals surface area contributed by atoms with E-state index in [1.54, 1.807) is 22.9 Å². The molecule has 2 heterocycles. The maximum Gasteiger partial charge on any atom is 0.0982 e. The maximum atomic E-state index is 9.31. The summed E-state index contributed by atoms with van der Waals surface area (Å²) in [5.41, 5.74) is 1.90. The fourth-order valence-electron chi connectivity index (χ4n) is 1.70. The number of hydrogen-bond donors (Lipinski definition) is 1. The summed E-state index contributed by atoms with van der Waals surface area (Å²) in [5, 5.41) is 20.6. The van der Waals surface area contributed by atoms with E-state index in [1.807, 2.05) is 6.20 Å². The van der Waals surface area contributed by atoms with Crippen LogP contribution in [0.4, 0.5) is 0 Å². The highest BCUT2D eigenvalue weighted by molar-refractivity contribution is 7.09. The summed E-state index contributed by atoms with van der Waals surface area (Å²) in [7, 11) is 0. The Hall–Kier alpha value is -1.27. The number of aliphatic hydroxyl groups is 1. The smallest absolute Gasteiger partial charge is 0.0982 e. The molecular weight excluding hydrogens is 260 g/mol. The fourth-order valence-corrected chi connectivity index (χ4v) is 2.60. The molecule has 0 amide bonds. The van der Waals surface area contributed by atoms with Crippen molar-refractivity contribution in [1.29, 1.82) is 0 Å². The Morgan fingerprint density at radius 2 is 2.11 bits per heavy atom. The Balaban J connectivity index is 2.05. The monoisotopic (exact) mass is 280 g/mol. The molecule has 0 aliphatic heterocycles. The Morgan fingerprint density at radius 3 is 2.68 bits per heavy atom. The Labute approximate surface area is 117 Å². The van der Waals surface area contributed by atoms with Crippen LogP contribution in [0.5, 0.6) is 0 Å². The Bertz CT molecular complexity index is 539. The molecule has 1 unspecified atom stereocenters. The van der Waals surface area contributed by atoms with Crippen molar-refractivity contribution in [2.24, 2.45) is 0 Å². The fraction of sp³-hybridized carbons (Fsp3) is 0.615. The van der Waals surface area contributed by atoms with E-state index in [2.05, 4.69) is 41.4 Å². The topological polar surface area (TPSA) is 63.8 Å². The van der Waals surface area contributed by atoms with Gasteiger partial charge in [-0.3, -0.25) is 0 Å². The number of hydrogen-bond acceptors (Lipinski definition) is 5. The molecule has 0 radical (unpaired) electrons. The predicted molar refractivity (Wildman–Crippen MR) is 75.3 cm³/mol. The van der Waals surface area contributed by atoms with Gasteiger partial charge in [-0.1, -0.05) is 26.0 Å². The van der Waals surface area contributed by atoms with Crippen LogP contribution in [0.1, 0.15) is 44.1 Å². The van der Waals surface area contributed by atoms with Crippen LogP contribution in [0, 0.1) is 0 Å². The lowest BCUT2D eigenvalue weighted by Crippen LogP contribution is -2.11. The quantitative estimate of drug-likeness (QED) is 0.930. The van der Waals surface area contributed by atoms with Gasteiger partial charge < -0.3 is 5.11 Å². The third-order valence-electron chi connectivity index (χ3n) is 2.61. The van der Waals surface area contributed by atoms with Crippen LogP contribution in [-0.2, 0) is 18.4 Å². The molecule has 1 atom stereocenters. The van der Waals surface area contributed by atoms with E-state index in [1.165, 1.54) is 0 Å². The van der Waals surface area contributed by atoms with Crippen LogP contribution in [0.2, 0.25) is 0 Å². The van der Waals surface area contributed by atoms with E-state index in [0.717, 1.165) is 16.4 Å². The SMILES string of the molecule is CC(O)Cc1cn(Cc2csc(C(C)(C)C)n2)nn1. The first kappa shape index (κ1) is 14.1. The molecule has 2 aromatic rings. The third kappa shape index (κ3) is 3.84. The summed E-state index contributed by atoms with van der Waals surface area (Å²) in [4.78, 5) is 4.63. The van der Waals surface area contributed by atoms with Gasteiger partial charge in [-0.05, 0) is 6.92 Å². The molecule has 0 fully saturated rings. The molecule has 5 nitrogen and oxygen atoms in total. The molecule has 104 valence electrons. The second-order valence-corrected chi connectivity index (χ2v) is 6.71. The van der Waals surface area contributed by atoms with Gasteiger partial charge in [0.2, 0.25) is 0 Å².